The largest absolute Gasteiger partial charge is 0.331 e. The van der Waals surface area contributed by atoms with E-state index in [0.29, 0.717) is 18.7 Å². The average Bonchev–Trinajstić information content (AvgIpc) is 2.37. The second kappa shape index (κ2) is 5.32. The van der Waals surface area contributed by atoms with E-state index in [1.165, 1.54) is 15.5 Å². The lowest BCUT2D eigenvalue weighted by atomic mass is 9.98. The van der Waals surface area contributed by atoms with Crippen molar-refractivity contribution < 1.29 is 13.2 Å². The molecular formula is C13H19N3O3S. The van der Waals surface area contributed by atoms with Crippen molar-refractivity contribution in [3.05, 3.63) is 29.8 Å². The Hall–Kier alpha value is -1.76. The molecule has 0 spiro atoms. The summed E-state index contributed by atoms with van der Waals surface area (Å²) in [6, 6.07) is 6.92. The van der Waals surface area contributed by atoms with Crippen LogP contribution < -0.4 is 9.62 Å². The second-order valence-electron chi connectivity index (χ2n) is 5.08. The molecule has 7 heteroatoms. The molecule has 0 aliphatic carbocycles. The number of carbonyl (C=O) groups excluding carboxylic acids is 1. The fourth-order valence-corrected chi connectivity index (χ4v) is 3.26. The van der Waals surface area contributed by atoms with E-state index in [1.54, 1.807) is 26.2 Å². The third-order valence-corrected chi connectivity index (χ3v) is 4.49. The van der Waals surface area contributed by atoms with E-state index in [1.807, 2.05) is 12.1 Å². The number of rotatable bonds is 2. The van der Waals surface area contributed by atoms with E-state index in [9.17, 15) is 13.2 Å². The van der Waals surface area contributed by atoms with Crippen LogP contribution in [0, 0.1) is 0 Å². The van der Waals surface area contributed by atoms with Gasteiger partial charge in [-0.2, -0.15) is 0 Å². The zero-order chi connectivity index (χ0) is 14.9. The lowest BCUT2D eigenvalue weighted by Crippen LogP contribution is -2.43. The third-order valence-electron chi connectivity index (χ3n) is 3.31. The van der Waals surface area contributed by atoms with Gasteiger partial charge in [0.15, 0.2) is 0 Å². The van der Waals surface area contributed by atoms with Crippen LogP contribution in [0.25, 0.3) is 0 Å². The number of urea groups is 1. The molecule has 1 N–H and O–H groups in total. The van der Waals surface area contributed by atoms with Crippen LogP contribution in [0.15, 0.2) is 24.3 Å². The van der Waals surface area contributed by atoms with Crippen LogP contribution in [0.2, 0.25) is 0 Å². The Morgan fingerprint density at radius 1 is 1.35 bits per heavy atom. The number of amides is 2. The molecule has 20 heavy (non-hydrogen) atoms. The minimum atomic E-state index is -3.30. The minimum Gasteiger partial charge on any atom is -0.331 e. The van der Waals surface area contributed by atoms with E-state index in [-0.39, 0.29) is 12.1 Å². The summed E-state index contributed by atoms with van der Waals surface area (Å²) in [4.78, 5) is 13.2. The van der Waals surface area contributed by atoms with Crippen molar-refractivity contribution in [2.45, 2.75) is 12.5 Å². The highest BCUT2D eigenvalue weighted by molar-refractivity contribution is 7.92. The molecule has 1 aromatic rings. The van der Waals surface area contributed by atoms with Gasteiger partial charge in [-0.1, -0.05) is 18.2 Å². The van der Waals surface area contributed by atoms with Crippen molar-refractivity contribution in [2.75, 3.05) is 31.2 Å². The molecule has 2 rings (SSSR count). The van der Waals surface area contributed by atoms with Gasteiger partial charge in [-0.05, 0) is 18.1 Å². The summed E-state index contributed by atoms with van der Waals surface area (Å²) < 4.78 is 25.0. The number of nitrogens with zero attached hydrogens (tertiary/aromatic N) is 2. The lowest BCUT2D eigenvalue weighted by Gasteiger charge is -2.34. The average molecular weight is 297 g/mol. The number of para-hydroxylation sites is 1. The highest BCUT2D eigenvalue weighted by atomic mass is 32.2. The molecular weight excluding hydrogens is 278 g/mol. The summed E-state index contributed by atoms with van der Waals surface area (Å²) in [5.41, 5.74) is 1.48. The molecule has 1 unspecified atom stereocenters. The molecule has 1 aliphatic heterocycles. The molecule has 110 valence electrons. The zero-order valence-corrected chi connectivity index (χ0v) is 12.6. The predicted octanol–water partition coefficient (Wildman–Crippen LogP) is 1.17. The molecule has 1 atom stereocenters. The lowest BCUT2D eigenvalue weighted by molar-refractivity contribution is 0.212. The molecule has 0 radical (unpaired) electrons. The van der Waals surface area contributed by atoms with Crippen molar-refractivity contribution >= 4 is 21.7 Å². The van der Waals surface area contributed by atoms with Crippen LogP contribution in [0.4, 0.5) is 10.5 Å². The van der Waals surface area contributed by atoms with Gasteiger partial charge < -0.3 is 10.2 Å². The molecule has 1 heterocycles. The summed E-state index contributed by atoms with van der Waals surface area (Å²) in [6.07, 6.45) is 1.76. The smallest absolute Gasteiger partial charge is 0.317 e. The van der Waals surface area contributed by atoms with Gasteiger partial charge in [-0.25, -0.2) is 13.2 Å². The van der Waals surface area contributed by atoms with E-state index in [2.05, 4.69) is 5.32 Å². The first kappa shape index (κ1) is 14.6. The maximum absolute atomic E-state index is 11.8. The highest BCUT2D eigenvalue weighted by Crippen LogP contribution is 2.34. The SMILES string of the molecule is CN(C)C(=O)NC1CCN(S(C)(=O)=O)c2ccccc21. The number of carbonyl (C=O) groups is 1. The van der Waals surface area contributed by atoms with Gasteiger partial charge in [0.05, 0.1) is 18.0 Å². The van der Waals surface area contributed by atoms with Crippen LogP contribution in [-0.2, 0) is 10.0 Å². The number of hydrogen-bond acceptors (Lipinski definition) is 3. The maximum Gasteiger partial charge on any atom is 0.317 e. The highest BCUT2D eigenvalue weighted by Gasteiger charge is 2.30. The molecule has 0 fully saturated rings. The normalized spacial score (nSPS) is 18.4. The second-order valence-corrected chi connectivity index (χ2v) is 6.99. The Bertz CT molecular complexity index is 613. The van der Waals surface area contributed by atoms with E-state index in [0.717, 1.165) is 5.56 Å². The number of anilines is 1. The van der Waals surface area contributed by atoms with E-state index in [4.69, 9.17) is 0 Å². The van der Waals surface area contributed by atoms with Gasteiger partial charge in [0.25, 0.3) is 0 Å². The number of nitrogens with one attached hydrogen (secondary N) is 1. The monoisotopic (exact) mass is 297 g/mol. The Kier molecular flexibility index (Phi) is 3.89. The first-order valence-corrected chi connectivity index (χ1v) is 8.20. The molecule has 6 nitrogen and oxygen atoms in total. The number of hydrogen-bond donors (Lipinski definition) is 1. The Morgan fingerprint density at radius 2 is 2.00 bits per heavy atom. The summed E-state index contributed by atoms with van der Waals surface area (Å²) in [5.74, 6) is 0. The van der Waals surface area contributed by atoms with Crippen LogP contribution in [0.1, 0.15) is 18.0 Å². The molecule has 2 amide bonds. The first-order chi connectivity index (χ1) is 9.30. The van der Waals surface area contributed by atoms with Crippen LogP contribution in [0.3, 0.4) is 0 Å². The van der Waals surface area contributed by atoms with Crippen LogP contribution >= 0.6 is 0 Å². The van der Waals surface area contributed by atoms with Gasteiger partial charge in [0, 0.05) is 20.6 Å². The third kappa shape index (κ3) is 2.87. The number of fused-ring (bicyclic) bond motifs is 1. The quantitative estimate of drug-likeness (QED) is 0.891. The summed E-state index contributed by atoms with van der Waals surface area (Å²) in [6.45, 7) is 0.369. The topological polar surface area (TPSA) is 69.7 Å². The van der Waals surface area contributed by atoms with Crippen molar-refractivity contribution in [2.24, 2.45) is 0 Å². The standard InChI is InChI=1S/C13H19N3O3S/c1-15(2)13(17)14-11-8-9-16(20(3,18)19)12-7-5-4-6-10(11)12/h4-7,11H,8-9H2,1-3H3,(H,14,17). The molecule has 0 bridgehead atoms. The molecule has 0 saturated carbocycles. The van der Waals surface area contributed by atoms with Crippen LogP contribution in [-0.4, -0.2) is 46.2 Å². The van der Waals surface area contributed by atoms with Gasteiger partial charge in [0.1, 0.15) is 0 Å². The first-order valence-electron chi connectivity index (χ1n) is 6.35. The summed E-state index contributed by atoms with van der Waals surface area (Å²) in [7, 11) is 0.0497. The Morgan fingerprint density at radius 3 is 2.60 bits per heavy atom. The molecule has 1 aliphatic rings. The van der Waals surface area contributed by atoms with Gasteiger partial charge in [0.2, 0.25) is 10.0 Å². The molecule has 1 aromatic carbocycles. The van der Waals surface area contributed by atoms with Crippen molar-refractivity contribution in [1.82, 2.24) is 10.2 Å². The van der Waals surface area contributed by atoms with E-state index < -0.39 is 10.0 Å². The maximum atomic E-state index is 11.8. The van der Waals surface area contributed by atoms with E-state index >= 15 is 0 Å². The number of sulfonamides is 1. The Labute approximate surface area is 119 Å². The molecule has 0 saturated heterocycles. The van der Waals surface area contributed by atoms with Gasteiger partial charge >= 0.3 is 6.03 Å². The molecule has 0 aromatic heterocycles. The predicted molar refractivity (Wildman–Crippen MR) is 78.2 cm³/mol. The summed E-state index contributed by atoms with van der Waals surface area (Å²) in [5, 5.41) is 2.91. The van der Waals surface area contributed by atoms with Gasteiger partial charge in [-0.3, -0.25) is 4.31 Å². The zero-order valence-electron chi connectivity index (χ0n) is 11.8. The number of benzene rings is 1. The van der Waals surface area contributed by atoms with Crippen molar-refractivity contribution in [3.8, 4) is 0 Å². The van der Waals surface area contributed by atoms with Crippen LogP contribution in [0.5, 0.6) is 0 Å². The minimum absolute atomic E-state index is 0.168. The van der Waals surface area contributed by atoms with Crippen molar-refractivity contribution in [3.63, 3.8) is 0 Å². The fourth-order valence-electron chi connectivity index (χ4n) is 2.30. The Balaban J connectivity index is 2.35. The van der Waals surface area contributed by atoms with Crippen molar-refractivity contribution in [1.29, 1.82) is 0 Å². The summed E-state index contributed by atoms with van der Waals surface area (Å²) >= 11 is 0. The van der Waals surface area contributed by atoms with Gasteiger partial charge in [-0.15, -0.1) is 0 Å². The fraction of sp³-hybridized carbons (Fsp3) is 0.462.